The summed E-state index contributed by atoms with van der Waals surface area (Å²) in [6.45, 7) is 15.8. The fraction of sp³-hybridized carbons (Fsp3) is 0.619. The molecule has 0 unspecified atom stereocenters. The summed E-state index contributed by atoms with van der Waals surface area (Å²) in [6, 6.07) is 10.3. The molecule has 1 aliphatic rings. The molecule has 1 aromatic rings. The molecule has 1 aliphatic heterocycles. The SMILES string of the molecule is C=C[C@H](C)[C@@H]1OC(C)(C)O[C@@H]([C@@H](C)COCc2ccccc2)[C@@H]1C. The Morgan fingerprint density at radius 3 is 2.42 bits per heavy atom. The van der Waals surface area contributed by atoms with E-state index in [1.54, 1.807) is 0 Å². The Hall–Kier alpha value is -1.16. The summed E-state index contributed by atoms with van der Waals surface area (Å²) in [6.07, 6.45) is 2.20. The number of hydrogen-bond acceptors (Lipinski definition) is 3. The Bertz CT molecular complexity index is 511. The van der Waals surface area contributed by atoms with Crippen molar-refractivity contribution in [3.8, 4) is 0 Å². The molecule has 3 heteroatoms. The second-order valence-electron chi connectivity index (χ2n) is 7.50. The minimum atomic E-state index is -0.577. The van der Waals surface area contributed by atoms with Crippen LogP contribution >= 0.6 is 0 Å². The normalized spacial score (nSPS) is 29.0. The topological polar surface area (TPSA) is 27.7 Å². The maximum Gasteiger partial charge on any atom is 0.163 e. The van der Waals surface area contributed by atoms with Gasteiger partial charge >= 0.3 is 0 Å². The Balaban J connectivity index is 1.95. The van der Waals surface area contributed by atoms with Gasteiger partial charge in [-0.15, -0.1) is 6.58 Å². The van der Waals surface area contributed by atoms with E-state index >= 15 is 0 Å². The first-order chi connectivity index (χ1) is 11.3. The maximum absolute atomic E-state index is 6.24. The van der Waals surface area contributed by atoms with E-state index in [0.29, 0.717) is 31.0 Å². The Morgan fingerprint density at radius 2 is 1.79 bits per heavy atom. The quantitative estimate of drug-likeness (QED) is 0.670. The summed E-state index contributed by atoms with van der Waals surface area (Å²) >= 11 is 0. The predicted octanol–water partition coefficient (Wildman–Crippen LogP) is 4.82. The van der Waals surface area contributed by atoms with Gasteiger partial charge in [-0.25, -0.2) is 0 Å². The van der Waals surface area contributed by atoms with E-state index < -0.39 is 5.79 Å². The van der Waals surface area contributed by atoms with E-state index in [1.165, 1.54) is 5.56 Å². The first-order valence-electron chi connectivity index (χ1n) is 8.94. The van der Waals surface area contributed by atoms with Gasteiger partial charge in [-0.05, 0) is 19.4 Å². The lowest BCUT2D eigenvalue weighted by molar-refractivity contribution is -0.333. The van der Waals surface area contributed by atoms with Gasteiger partial charge in [-0.2, -0.15) is 0 Å². The molecule has 1 heterocycles. The molecule has 0 amide bonds. The molecule has 0 aliphatic carbocycles. The fourth-order valence-electron chi connectivity index (χ4n) is 3.47. The lowest BCUT2D eigenvalue weighted by atomic mass is 9.82. The van der Waals surface area contributed by atoms with Crippen molar-refractivity contribution in [2.75, 3.05) is 6.61 Å². The smallest absolute Gasteiger partial charge is 0.163 e. The molecule has 1 fully saturated rings. The summed E-state index contributed by atoms with van der Waals surface area (Å²) in [7, 11) is 0. The van der Waals surface area contributed by atoms with Crippen LogP contribution in [0.25, 0.3) is 0 Å². The molecule has 0 aromatic heterocycles. The van der Waals surface area contributed by atoms with Gasteiger partial charge in [-0.3, -0.25) is 0 Å². The van der Waals surface area contributed by atoms with E-state index in [4.69, 9.17) is 14.2 Å². The summed E-state index contributed by atoms with van der Waals surface area (Å²) < 4.78 is 18.3. The van der Waals surface area contributed by atoms with Crippen LogP contribution in [-0.4, -0.2) is 24.6 Å². The van der Waals surface area contributed by atoms with Crippen molar-refractivity contribution in [3.63, 3.8) is 0 Å². The van der Waals surface area contributed by atoms with Crippen molar-refractivity contribution in [2.24, 2.45) is 17.8 Å². The van der Waals surface area contributed by atoms with Gasteiger partial charge in [0.25, 0.3) is 0 Å². The van der Waals surface area contributed by atoms with E-state index in [-0.39, 0.29) is 12.2 Å². The number of benzene rings is 1. The molecule has 0 bridgehead atoms. The Morgan fingerprint density at radius 1 is 1.17 bits per heavy atom. The zero-order valence-corrected chi connectivity index (χ0v) is 15.7. The summed E-state index contributed by atoms with van der Waals surface area (Å²) in [4.78, 5) is 0. The second kappa shape index (κ2) is 8.28. The van der Waals surface area contributed by atoms with Crippen LogP contribution in [0.4, 0.5) is 0 Å². The molecule has 0 N–H and O–H groups in total. The average molecular weight is 332 g/mol. The fourth-order valence-corrected chi connectivity index (χ4v) is 3.47. The van der Waals surface area contributed by atoms with Crippen LogP contribution in [0.1, 0.15) is 40.2 Å². The van der Waals surface area contributed by atoms with Crippen LogP contribution in [0, 0.1) is 17.8 Å². The highest BCUT2D eigenvalue weighted by atomic mass is 16.7. The van der Waals surface area contributed by atoms with Crippen molar-refractivity contribution in [1.82, 2.24) is 0 Å². The van der Waals surface area contributed by atoms with Crippen molar-refractivity contribution < 1.29 is 14.2 Å². The van der Waals surface area contributed by atoms with Gasteiger partial charge < -0.3 is 14.2 Å². The predicted molar refractivity (Wildman–Crippen MR) is 97.6 cm³/mol. The molecule has 134 valence electrons. The maximum atomic E-state index is 6.24. The summed E-state index contributed by atoms with van der Waals surface area (Å²) in [5, 5.41) is 0. The van der Waals surface area contributed by atoms with E-state index in [1.807, 2.05) is 38.1 Å². The first kappa shape index (κ1) is 19.2. The lowest BCUT2D eigenvalue weighted by Gasteiger charge is -2.48. The largest absolute Gasteiger partial charge is 0.376 e. The molecule has 2 rings (SSSR count). The molecule has 3 nitrogen and oxygen atoms in total. The third-order valence-corrected chi connectivity index (χ3v) is 4.82. The minimum Gasteiger partial charge on any atom is -0.376 e. The van der Waals surface area contributed by atoms with Crippen LogP contribution < -0.4 is 0 Å². The van der Waals surface area contributed by atoms with Crippen molar-refractivity contribution in [2.45, 2.75) is 59.2 Å². The molecule has 1 aromatic carbocycles. The highest BCUT2D eigenvalue weighted by molar-refractivity contribution is 5.13. The summed E-state index contributed by atoms with van der Waals surface area (Å²) in [5.41, 5.74) is 1.20. The van der Waals surface area contributed by atoms with Crippen LogP contribution in [0.3, 0.4) is 0 Å². The van der Waals surface area contributed by atoms with Gasteiger partial charge in [0.15, 0.2) is 5.79 Å². The zero-order chi connectivity index (χ0) is 17.7. The lowest BCUT2D eigenvalue weighted by Crippen LogP contribution is -2.54. The average Bonchev–Trinajstić information content (AvgIpc) is 2.56. The van der Waals surface area contributed by atoms with Crippen molar-refractivity contribution >= 4 is 0 Å². The molecule has 0 saturated carbocycles. The molecule has 0 radical (unpaired) electrons. The van der Waals surface area contributed by atoms with Crippen molar-refractivity contribution in [3.05, 3.63) is 48.6 Å². The molecule has 24 heavy (non-hydrogen) atoms. The molecule has 0 spiro atoms. The molecular formula is C21H32O3. The molecule has 5 atom stereocenters. The van der Waals surface area contributed by atoms with Gasteiger partial charge in [0.1, 0.15) is 0 Å². The third-order valence-electron chi connectivity index (χ3n) is 4.82. The number of rotatable bonds is 7. The summed E-state index contributed by atoms with van der Waals surface area (Å²) in [5.74, 6) is 0.308. The van der Waals surface area contributed by atoms with Crippen molar-refractivity contribution in [1.29, 1.82) is 0 Å². The van der Waals surface area contributed by atoms with Gasteiger partial charge in [0, 0.05) is 17.8 Å². The zero-order valence-electron chi connectivity index (χ0n) is 15.7. The monoisotopic (exact) mass is 332 g/mol. The minimum absolute atomic E-state index is 0.108. The van der Waals surface area contributed by atoms with E-state index in [2.05, 4.69) is 39.5 Å². The second-order valence-corrected chi connectivity index (χ2v) is 7.50. The highest BCUT2D eigenvalue weighted by Crippen LogP contribution is 2.37. The van der Waals surface area contributed by atoms with Gasteiger partial charge in [0.2, 0.25) is 0 Å². The Kier molecular flexibility index (Phi) is 6.62. The Labute approximate surface area is 147 Å². The van der Waals surface area contributed by atoms with Crippen LogP contribution in [0.15, 0.2) is 43.0 Å². The standard InChI is InChI=1S/C21H32O3/c1-7-15(2)19-17(4)20(24-21(5,6)23-19)16(3)13-22-14-18-11-9-8-10-12-18/h7-12,15-17,19-20H,1,13-14H2,2-6H3/t15-,16-,17+,19-,20-/m0/s1. The number of ether oxygens (including phenoxy) is 3. The van der Waals surface area contributed by atoms with E-state index in [9.17, 15) is 0 Å². The van der Waals surface area contributed by atoms with Crippen LogP contribution in [0.2, 0.25) is 0 Å². The van der Waals surface area contributed by atoms with Gasteiger partial charge in [-0.1, -0.05) is 57.2 Å². The van der Waals surface area contributed by atoms with Gasteiger partial charge in [0.05, 0.1) is 25.4 Å². The third kappa shape index (κ3) is 4.92. The first-order valence-corrected chi connectivity index (χ1v) is 8.94. The van der Waals surface area contributed by atoms with E-state index in [0.717, 1.165) is 0 Å². The number of hydrogen-bond donors (Lipinski definition) is 0. The highest BCUT2D eigenvalue weighted by Gasteiger charge is 2.44. The molecule has 1 saturated heterocycles. The van der Waals surface area contributed by atoms with Crippen LogP contribution in [-0.2, 0) is 20.8 Å². The molecular weight excluding hydrogens is 300 g/mol. The van der Waals surface area contributed by atoms with Crippen LogP contribution in [0.5, 0.6) is 0 Å².